The number of halogens is 1. The van der Waals surface area contributed by atoms with E-state index in [0.29, 0.717) is 28.3 Å². The monoisotopic (exact) mass is 492 g/mol. The third-order valence-electron chi connectivity index (χ3n) is 6.12. The first kappa shape index (κ1) is 22.9. The maximum absolute atomic E-state index is 15.0. The van der Waals surface area contributed by atoms with Crippen LogP contribution in [-0.4, -0.2) is 33.7 Å². The van der Waals surface area contributed by atoms with Gasteiger partial charge in [0, 0.05) is 24.5 Å². The molecule has 0 saturated carbocycles. The van der Waals surface area contributed by atoms with E-state index in [4.69, 9.17) is 4.74 Å². The molecule has 1 saturated heterocycles. The van der Waals surface area contributed by atoms with Crippen molar-refractivity contribution >= 4 is 39.7 Å². The number of Topliss-reactive ketones (excluding diaryl/α,β-unsaturated/α-hetero) is 2. The highest BCUT2D eigenvalue weighted by Crippen LogP contribution is 2.45. The third-order valence-corrected chi connectivity index (χ3v) is 7.38. The number of hydrogen-bond acceptors (Lipinski definition) is 7. The van der Waals surface area contributed by atoms with E-state index in [2.05, 4.69) is 4.98 Å². The molecule has 1 N–H and O–H groups in total. The summed E-state index contributed by atoms with van der Waals surface area (Å²) in [6.07, 6.45) is 0.614. The van der Waals surface area contributed by atoms with Crippen LogP contribution < -0.4 is 9.64 Å². The van der Waals surface area contributed by atoms with Crippen LogP contribution in [0.2, 0.25) is 0 Å². The minimum absolute atomic E-state index is 0.0185. The second-order valence-electron chi connectivity index (χ2n) is 8.61. The SMILES string of the molecule is CC(=O)c1sc(N2C(=O)C(=O)/C(=C(/O)c3ccc4c(c3)C[C@@H](C)O4)[C@@H]2c2ccccc2F)nc1C. The number of hydrogen-bond donors (Lipinski definition) is 1. The molecule has 5 rings (SSSR count). The first-order valence-corrected chi connectivity index (χ1v) is 11.8. The maximum Gasteiger partial charge on any atom is 0.301 e. The zero-order chi connectivity index (χ0) is 25.0. The summed E-state index contributed by atoms with van der Waals surface area (Å²) in [5, 5.41) is 11.4. The van der Waals surface area contributed by atoms with Crippen LogP contribution >= 0.6 is 11.3 Å². The average Bonchev–Trinajstić information content (AvgIpc) is 3.46. The Bertz CT molecular complexity index is 1440. The molecular weight excluding hydrogens is 471 g/mol. The van der Waals surface area contributed by atoms with Crippen LogP contribution in [0.1, 0.15) is 51.9 Å². The summed E-state index contributed by atoms with van der Waals surface area (Å²) in [6, 6.07) is 9.50. The Morgan fingerprint density at radius 2 is 1.97 bits per heavy atom. The van der Waals surface area contributed by atoms with Crippen LogP contribution in [0.4, 0.5) is 9.52 Å². The van der Waals surface area contributed by atoms with Crippen LogP contribution in [0.5, 0.6) is 5.75 Å². The van der Waals surface area contributed by atoms with Gasteiger partial charge in [-0.15, -0.1) is 0 Å². The van der Waals surface area contributed by atoms with Gasteiger partial charge in [-0.05, 0) is 43.7 Å². The molecule has 2 aliphatic rings. The van der Waals surface area contributed by atoms with Crippen molar-refractivity contribution in [3.8, 4) is 5.75 Å². The Balaban J connectivity index is 1.71. The van der Waals surface area contributed by atoms with Crippen molar-refractivity contribution in [1.82, 2.24) is 4.98 Å². The van der Waals surface area contributed by atoms with Gasteiger partial charge in [0.1, 0.15) is 29.5 Å². The largest absolute Gasteiger partial charge is 0.507 e. The van der Waals surface area contributed by atoms with Gasteiger partial charge in [0.2, 0.25) is 0 Å². The fraction of sp³-hybridized carbons (Fsp3) is 0.231. The number of carbonyl (C=O) groups excluding carboxylic acids is 3. The Labute approximate surface area is 204 Å². The van der Waals surface area contributed by atoms with Gasteiger partial charge in [0.05, 0.1) is 16.1 Å². The molecule has 3 aromatic rings. The van der Waals surface area contributed by atoms with E-state index in [1.54, 1.807) is 31.2 Å². The smallest absolute Gasteiger partial charge is 0.301 e. The normalized spacial score (nSPS) is 20.7. The van der Waals surface area contributed by atoms with Gasteiger partial charge < -0.3 is 9.84 Å². The number of rotatable bonds is 4. The van der Waals surface area contributed by atoms with E-state index >= 15 is 4.39 Å². The molecule has 1 fully saturated rings. The Hall–Kier alpha value is -3.85. The molecule has 0 bridgehead atoms. The predicted molar refractivity (Wildman–Crippen MR) is 128 cm³/mol. The molecule has 7 nitrogen and oxygen atoms in total. The number of aromatic nitrogens is 1. The van der Waals surface area contributed by atoms with Crippen LogP contribution in [0, 0.1) is 12.7 Å². The number of benzene rings is 2. The molecular formula is C26H21FN2O5S. The van der Waals surface area contributed by atoms with Gasteiger partial charge in [-0.1, -0.05) is 29.5 Å². The van der Waals surface area contributed by atoms with Crippen molar-refractivity contribution in [2.45, 2.75) is 39.3 Å². The molecule has 0 radical (unpaired) electrons. The lowest BCUT2D eigenvalue weighted by Crippen LogP contribution is -2.29. The molecule has 35 heavy (non-hydrogen) atoms. The highest BCUT2D eigenvalue weighted by atomic mass is 32.1. The topological polar surface area (TPSA) is 96.8 Å². The van der Waals surface area contributed by atoms with Gasteiger partial charge in [-0.25, -0.2) is 9.37 Å². The van der Waals surface area contributed by atoms with Gasteiger partial charge in [0.15, 0.2) is 10.9 Å². The van der Waals surface area contributed by atoms with Crippen molar-refractivity contribution in [2.24, 2.45) is 0 Å². The zero-order valence-electron chi connectivity index (χ0n) is 19.2. The molecule has 9 heteroatoms. The van der Waals surface area contributed by atoms with Crippen LogP contribution in [0.15, 0.2) is 48.0 Å². The van der Waals surface area contributed by atoms with Crippen LogP contribution in [0.3, 0.4) is 0 Å². The van der Waals surface area contributed by atoms with Gasteiger partial charge >= 0.3 is 5.91 Å². The van der Waals surface area contributed by atoms with Crippen molar-refractivity contribution in [3.05, 3.63) is 81.1 Å². The fourth-order valence-corrected chi connectivity index (χ4v) is 5.55. The van der Waals surface area contributed by atoms with E-state index in [9.17, 15) is 19.5 Å². The zero-order valence-corrected chi connectivity index (χ0v) is 20.0. The molecule has 1 aromatic heterocycles. The van der Waals surface area contributed by atoms with Crippen molar-refractivity contribution < 1.29 is 28.6 Å². The molecule has 0 unspecified atom stereocenters. The van der Waals surface area contributed by atoms with Crippen LogP contribution in [-0.2, 0) is 16.0 Å². The van der Waals surface area contributed by atoms with Gasteiger partial charge in [-0.2, -0.15) is 0 Å². The number of ether oxygens (including phenoxy) is 1. The maximum atomic E-state index is 15.0. The van der Waals surface area contributed by atoms with Gasteiger partial charge in [-0.3, -0.25) is 19.3 Å². The van der Waals surface area contributed by atoms with E-state index in [0.717, 1.165) is 21.8 Å². The van der Waals surface area contributed by atoms with Crippen molar-refractivity contribution in [3.63, 3.8) is 0 Å². The van der Waals surface area contributed by atoms with Gasteiger partial charge in [0.25, 0.3) is 5.78 Å². The Morgan fingerprint density at radius 1 is 1.23 bits per heavy atom. The number of nitrogens with zero attached hydrogens (tertiary/aromatic N) is 2. The summed E-state index contributed by atoms with van der Waals surface area (Å²) in [5.74, 6) is -2.53. The Kier molecular flexibility index (Phi) is 5.52. The lowest BCUT2D eigenvalue weighted by atomic mass is 9.94. The molecule has 178 valence electrons. The molecule has 3 heterocycles. The minimum atomic E-state index is -1.26. The summed E-state index contributed by atoms with van der Waals surface area (Å²) in [6.45, 7) is 4.93. The summed E-state index contributed by atoms with van der Waals surface area (Å²) < 4.78 is 20.7. The number of carbonyl (C=O) groups is 3. The second-order valence-corrected chi connectivity index (χ2v) is 9.59. The van der Waals surface area contributed by atoms with E-state index in [1.807, 2.05) is 6.92 Å². The summed E-state index contributed by atoms with van der Waals surface area (Å²) in [5.41, 5.74) is 1.37. The van der Waals surface area contributed by atoms with Crippen LogP contribution in [0.25, 0.3) is 5.76 Å². The number of ketones is 2. The first-order valence-electron chi connectivity index (χ1n) is 11.0. The van der Waals surface area contributed by atoms with E-state index in [1.165, 1.54) is 25.1 Å². The molecule has 2 aromatic carbocycles. The molecule has 1 amide bonds. The van der Waals surface area contributed by atoms with Crippen molar-refractivity contribution in [1.29, 1.82) is 0 Å². The number of thiazole rings is 1. The highest BCUT2D eigenvalue weighted by molar-refractivity contribution is 7.18. The number of aryl methyl sites for hydroxylation is 1. The van der Waals surface area contributed by atoms with E-state index < -0.39 is 29.3 Å². The number of fused-ring (bicyclic) bond motifs is 1. The van der Waals surface area contributed by atoms with E-state index in [-0.39, 0.29) is 28.2 Å². The lowest BCUT2D eigenvalue weighted by Gasteiger charge is -2.23. The number of anilines is 1. The standard InChI is InChI=1S/C26H21FN2O5S/c1-12-10-16-11-15(8-9-19(16)34-12)22(31)20-21(17-6-4-5-7-18(17)27)29(25(33)23(20)32)26-28-13(2)24(35-26)14(3)30/h4-9,11-12,21,31H,10H2,1-3H3/b22-20+/t12-,21+/m1/s1. The quantitative estimate of drug-likeness (QED) is 0.245. The summed E-state index contributed by atoms with van der Waals surface area (Å²) in [7, 11) is 0. The summed E-state index contributed by atoms with van der Waals surface area (Å²) >= 11 is 0.950. The average molecular weight is 493 g/mol. The molecule has 2 atom stereocenters. The summed E-state index contributed by atoms with van der Waals surface area (Å²) in [4.78, 5) is 44.2. The molecule has 0 aliphatic carbocycles. The highest BCUT2D eigenvalue weighted by Gasteiger charge is 2.49. The Morgan fingerprint density at radius 3 is 2.66 bits per heavy atom. The molecule has 0 spiro atoms. The fourth-order valence-electron chi connectivity index (χ4n) is 4.56. The predicted octanol–water partition coefficient (Wildman–Crippen LogP) is 4.74. The number of aliphatic hydroxyl groups is 1. The minimum Gasteiger partial charge on any atom is -0.507 e. The number of amides is 1. The second kappa shape index (κ2) is 8.42. The number of aliphatic hydroxyl groups excluding tert-OH is 1. The lowest BCUT2D eigenvalue weighted by molar-refractivity contribution is -0.132. The first-order chi connectivity index (χ1) is 16.7. The van der Waals surface area contributed by atoms with Crippen molar-refractivity contribution in [2.75, 3.05) is 4.90 Å². The third kappa shape index (κ3) is 3.72. The molecule has 2 aliphatic heterocycles.